The second kappa shape index (κ2) is 8.46. The molecule has 176 valence electrons. The van der Waals surface area contributed by atoms with Gasteiger partial charge in [0.05, 0.1) is 29.2 Å². The maximum Gasteiger partial charge on any atom is 0.252 e. The number of carbonyl (C=O) groups excluding carboxylic acids is 1. The van der Waals surface area contributed by atoms with Crippen LogP contribution in [0.1, 0.15) is 49.5 Å². The third-order valence-electron chi connectivity index (χ3n) is 7.10. The molecule has 3 aromatic rings. The summed E-state index contributed by atoms with van der Waals surface area (Å²) in [6, 6.07) is 9.88. The number of rotatable bonds is 7. The van der Waals surface area contributed by atoms with Gasteiger partial charge in [-0.15, -0.1) is 0 Å². The number of nitrogens with two attached hydrogens (primary N) is 1. The highest BCUT2D eigenvalue weighted by molar-refractivity contribution is 7.88. The molecule has 1 amide bonds. The van der Waals surface area contributed by atoms with Crippen LogP contribution in [0.25, 0.3) is 16.6 Å². The van der Waals surface area contributed by atoms with Gasteiger partial charge < -0.3 is 11.1 Å². The zero-order valence-corrected chi connectivity index (χ0v) is 20.2. The lowest BCUT2D eigenvalue weighted by atomic mass is 9.80. The molecule has 4 rings (SSSR count). The molecule has 1 aliphatic rings. The number of nitrogens with zero attached hydrogens (tertiary/aromatic N) is 2. The number of sulfonamides is 1. The third kappa shape index (κ3) is 4.74. The van der Waals surface area contributed by atoms with E-state index in [9.17, 15) is 13.2 Å². The number of anilines is 1. The van der Waals surface area contributed by atoms with Crippen molar-refractivity contribution in [2.24, 2.45) is 17.1 Å². The first-order valence-electron chi connectivity index (χ1n) is 11.1. The molecule has 0 aliphatic heterocycles. The van der Waals surface area contributed by atoms with E-state index < -0.39 is 15.9 Å². The van der Waals surface area contributed by atoms with Crippen LogP contribution in [0.3, 0.4) is 0 Å². The number of hydrogen-bond donors (Lipinski definition) is 3. The molecular weight excluding hydrogens is 438 g/mol. The van der Waals surface area contributed by atoms with Crippen LogP contribution in [0.2, 0.25) is 0 Å². The minimum absolute atomic E-state index is 0.0838. The molecule has 1 saturated carbocycles. The molecule has 0 bridgehead atoms. The zero-order valence-electron chi connectivity index (χ0n) is 19.4. The van der Waals surface area contributed by atoms with Crippen LogP contribution < -0.4 is 15.8 Å². The minimum atomic E-state index is -3.25. The molecule has 4 N–H and O–H groups in total. The number of benzene rings is 1. The predicted octanol–water partition coefficient (Wildman–Crippen LogP) is 3.39. The van der Waals surface area contributed by atoms with Gasteiger partial charge in [0.1, 0.15) is 0 Å². The number of fused-ring (bicyclic) bond motifs is 1. The number of hydrogen-bond acceptors (Lipinski definition) is 5. The van der Waals surface area contributed by atoms with Gasteiger partial charge in [0.2, 0.25) is 10.0 Å². The van der Waals surface area contributed by atoms with Crippen LogP contribution >= 0.6 is 0 Å². The van der Waals surface area contributed by atoms with E-state index in [-0.39, 0.29) is 18.0 Å². The molecule has 2 heterocycles. The van der Waals surface area contributed by atoms with Crippen molar-refractivity contribution in [3.05, 3.63) is 53.9 Å². The van der Waals surface area contributed by atoms with Gasteiger partial charge in [0.15, 0.2) is 0 Å². The lowest BCUT2D eigenvalue weighted by Gasteiger charge is -2.33. The fourth-order valence-electron chi connectivity index (χ4n) is 4.52. The van der Waals surface area contributed by atoms with E-state index in [1.54, 1.807) is 4.52 Å². The van der Waals surface area contributed by atoms with Crippen LogP contribution in [0.4, 0.5) is 5.69 Å². The summed E-state index contributed by atoms with van der Waals surface area (Å²) in [5, 5.41) is 8.04. The topological polar surface area (TPSA) is 119 Å². The molecule has 1 unspecified atom stereocenters. The van der Waals surface area contributed by atoms with Crippen LogP contribution in [-0.2, 0) is 16.6 Å². The van der Waals surface area contributed by atoms with Crippen molar-refractivity contribution in [2.45, 2.75) is 46.2 Å². The van der Waals surface area contributed by atoms with Crippen LogP contribution in [0.15, 0.2) is 42.7 Å². The largest absolute Gasteiger partial charge is 0.379 e. The lowest BCUT2D eigenvalue weighted by Crippen LogP contribution is -2.35. The van der Waals surface area contributed by atoms with Crippen molar-refractivity contribution >= 4 is 27.1 Å². The van der Waals surface area contributed by atoms with Gasteiger partial charge in [-0.1, -0.05) is 45.0 Å². The summed E-state index contributed by atoms with van der Waals surface area (Å²) in [6.07, 6.45) is 6.73. The SMILES string of the molecule is CC1CC[C@@H](Nc2c(C(N)=O)cnn3cc(-c4ccc(CNS(C)(=O)=O)cc4)cc23)C1(C)C. The Bertz CT molecular complexity index is 1300. The molecular formula is C24H31N5O3S. The van der Waals surface area contributed by atoms with E-state index in [2.05, 4.69) is 35.9 Å². The van der Waals surface area contributed by atoms with E-state index in [4.69, 9.17) is 5.73 Å². The highest BCUT2D eigenvalue weighted by atomic mass is 32.2. The molecule has 0 radical (unpaired) electrons. The summed E-state index contributed by atoms with van der Waals surface area (Å²) in [4.78, 5) is 12.2. The molecule has 33 heavy (non-hydrogen) atoms. The first-order valence-corrected chi connectivity index (χ1v) is 13.0. The molecule has 1 aliphatic carbocycles. The monoisotopic (exact) mass is 469 g/mol. The number of aromatic nitrogens is 2. The normalized spacial score (nSPS) is 20.2. The Kier molecular flexibility index (Phi) is 5.96. The Hall–Kier alpha value is -2.91. The average Bonchev–Trinajstić information content (AvgIpc) is 3.28. The van der Waals surface area contributed by atoms with Gasteiger partial charge in [-0.05, 0) is 41.4 Å². The van der Waals surface area contributed by atoms with E-state index in [0.29, 0.717) is 17.2 Å². The Morgan fingerprint density at radius 3 is 2.48 bits per heavy atom. The second-order valence-electron chi connectivity index (χ2n) is 9.64. The standard InChI is InChI=1S/C24H31N5O3S/c1-15-5-10-21(24(15,2)3)28-22-19(23(25)30)13-26-29-14-18(11-20(22)29)17-8-6-16(7-9-17)12-27-33(4,31)32/h6-9,11,13-15,21,27-28H,5,10,12H2,1-4H3,(H2,25,30)/t15?,21-/m1/s1. The van der Waals surface area contributed by atoms with Gasteiger partial charge in [-0.25, -0.2) is 17.7 Å². The Morgan fingerprint density at radius 2 is 1.91 bits per heavy atom. The molecule has 0 saturated heterocycles. The zero-order chi connectivity index (χ0) is 24.0. The number of nitrogens with one attached hydrogen (secondary N) is 2. The number of primary amides is 1. The lowest BCUT2D eigenvalue weighted by molar-refractivity contribution is 0.100. The fourth-order valence-corrected chi connectivity index (χ4v) is 4.95. The average molecular weight is 470 g/mol. The van der Waals surface area contributed by atoms with E-state index in [1.165, 1.54) is 6.20 Å². The fraction of sp³-hybridized carbons (Fsp3) is 0.417. The first-order chi connectivity index (χ1) is 15.5. The van der Waals surface area contributed by atoms with Crippen LogP contribution in [-0.4, -0.2) is 36.2 Å². The maximum absolute atomic E-state index is 12.2. The quantitative estimate of drug-likeness (QED) is 0.490. The van der Waals surface area contributed by atoms with Gasteiger partial charge in [-0.3, -0.25) is 4.79 Å². The molecule has 8 nitrogen and oxygen atoms in total. The summed E-state index contributed by atoms with van der Waals surface area (Å²) in [5.41, 5.74) is 10.4. The highest BCUT2D eigenvalue weighted by Crippen LogP contribution is 2.44. The maximum atomic E-state index is 12.2. The molecule has 1 aromatic carbocycles. The predicted molar refractivity (Wildman–Crippen MR) is 130 cm³/mol. The first kappa shape index (κ1) is 23.3. The van der Waals surface area contributed by atoms with Crippen molar-refractivity contribution in [2.75, 3.05) is 11.6 Å². The summed E-state index contributed by atoms with van der Waals surface area (Å²) < 4.78 is 26.9. The van der Waals surface area contributed by atoms with Crippen molar-refractivity contribution in [3.63, 3.8) is 0 Å². The van der Waals surface area contributed by atoms with E-state index >= 15 is 0 Å². The summed E-state index contributed by atoms with van der Waals surface area (Å²) in [5.74, 6) is 0.0600. The minimum Gasteiger partial charge on any atom is -0.379 e. The third-order valence-corrected chi connectivity index (χ3v) is 7.77. The van der Waals surface area contributed by atoms with E-state index in [0.717, 1.165) is 41.3 Å². The van der Waals surface area contributed by atoms with Gasteiger partial charge in [0.25, 0.3) is 5.91 Å². The molecule has 0 spiro atoms. The van der Waals surface area contributed by atoms with Crippen molar-refractivity contribution < 1.29 is 13.2 Å². The number of carbonyl (C=O) groups is 1. The Morgan fingerprint density at radius 1 is 1.21 bits per heavy atom. The molecule has 2 atom stereocenters. The Balaban J connectivity index is 1.69. The summed E-state index contributed by atoms with van der Waals surface area (Å²) >= 11 is 0. The highest BCUT2D eigenvalue weighted by Gasteiger charge is 2.41. The smallest absolute Gasteiger partial charge is 0.252 e. The summed E-state index contributed by atoms with van der Waals surface area (Å²) in [6.45, 7) is 7.02. The number of amides is 1. The van der Waals surface area contributed by atoms with Crippen molar-refractivity contribution in [1.82, 2.24) is 14.3 Å². The van der Waals surface area contributed by atoms with Crippen molar-refractivity contribution in [1.29, 1.82) is 0 Å². The Labute approximate surface area is 194 Å². The molecule has 1 fully saturated rings. The van der Waals surface area contributed by atoms with Gasteiger partial charge in [-0.2, -0.15) is 5.10 Å². The van der Waals surface area contributed by atoms with Gasteiger partial charge in [0, 0.05) is 24.3 Å². The molecule has 9 heteroatoms. The second-order valence-corrected chi connectivity index (χ2v) is 11.5. The van der Waals surface area contributed by atoms with Crippen molar-refractivity contribution in [3.8, 4) is 11.1 Å². The summed E-state index contributed by atoms with van der Waals surface area (Å²) in [7, 11) is -3.25. The van der Waals surface area contributed by atoms with Crippen LogP contribution in [0, 0.1) is 11.3 Å². The van der Waals surface area contributed by atoms with E-state index in [1.807, 2.05) is 36.5 Å². The molecule has 2 aromatic heterocycles. The van der Waals surface area contributed by atoms with Crippen LogP contribution in [0.5, 0.6) is 0 Å². The van der Waals surface area contributed by atoms with Gasteiger partial charge >= 0.3 is 0 Å².